The van der Waals surface area contributed by atoms with Gasteiger partial charge >= 0.3 is 12.3 Å². The van der Waals surface area contributed by atoms with Gasteiger partial charge in [-0.05, 0) is 27.7 Å². The first-order valence-electron chi connectivity index (χ1n) is 6.41. The van der Waals surface area contributed by atoms with Gasteiger partial charge in [-0.2, -0.15) is 13.2 Å². The number of halogens is 3. The molecule has 1 aromatic rings. The summed E-state index contributed by atoms with van der Waals surface area (Å²) in [6.07, 6.45) is -5.37. The van der Waals surface area contributed by atoms with Gasteiger partial charge in [-0.15, -0.1) is 16.9 Å². The van der Waals surface area contributed by atoms with Crippen LogP contribution in [-0.2, 0) is 10.9 Å². The molecule has 0 spiro atoms. The van der Waals surface area contributed by atoms with E-state index in [1.807, 2.05) is 0 Å². The maximum atomic E-state index is 12.5. The van der Waals surface area contributed by atoms with E-state index < -0.39 is 29.7 Å². The number of nitrogens with one attached hydrogen (secondary N) is 2. The molecule has 0 radical (unpaired) electrons. The van der Waals surface area contributed by atoms with Crippen molar-refractivity contribution in [2.24, 2.45) is 0 Å². The number of carbonyl (C=O) groups excluding carboxylic acids is 1. The van der Waals surface area contributed by atoms with Crippen molar-refractivity contribution >= 4 is 6.09 Å². The van der Waals surface area contributed by atoms with Crippen molar-refractivity contribution in [2.75, 3.05) is 0 Å². The average Bonchev–Trinajstić information content (AvgIpc) is 2.81. The Morgan fingerprint density at radius 3 is 2.50 bits per heavy atom. The van der Waals surface area contributed by atoms with Gasteiger partial charge in [0, 0.05) is 6.42 Å². The second-order valence-electron chi connectivity index (χ2n) is 5.37. The summed E-state index contributed by atoms with van der Waals surface area (Å²) >= 11 is 0. The Hall–Kier alpha value is -2.24. The van der Waals surface area contributed by atoms with Crippen LogP contribution in [0.2, 0.25) is 0 Å². The van der Waals surface area contributed by atoms with Crippen molar-refractivity contribution in [1.82, 2.24) is 20.5 Å². The molecular formula is C13H17F3N4O2. The van der Waals surface area contributed by atoms with E-state index >= 15 is 0 Å². The zero-order valence-corrected chi connectivity index (χ0v) is 12.6. The third-order valence-corrected chi connectivity index (χ3v) is 2.26. The van der Waals surface area contributed by atoms with Gasteiger partial charge in [0.05, 0.1) is 0 Å². The third kappa shape index (κ3) is 5.63. The number of ether oxygens (including phenoxy) is 1. The van der Waals surface area contributed by atoms with Gasteiger partial charge in [-0.3, -0.25) is 5.10 Å². The van der Waals surface area contributed by atoms with Crippen LogP contribution in [0.15, 0.2) is 0 Å². The number of alkyl halides is 3. The maximum Gasteiger partial charge on any atom is 0.453 e. The molecule has 1 heterocycles. The molecular weight excluding hydrogens is 301 g/mol. The van der Waals surface area contributed by atoms with Crippen LogP contribution in [-0.4, -0.2) is 26.9 Å². The largest absolute Gasteiger partial charge is 0.453 e. The lowest BCUT2D eigenvalue weighted by Crippen LogP contribution is -2.35. The second kappa shape index (κ2) is 6.68. The highest BCUT2D eigenvalue weighted by atomic mass is 19.4. The van der Waals surface area contributed by atoms with Crippen molar-refractivity contribution < 1.29 is 22.7 Å². The highest BCUT2D eigenvalue weighted by Crippen LogP contribution is 2.27. The second-order valence-corrected chi connectivity index (χ2v) is 5.37. The van der Waals surface area contributed by atoms with E-state index in [1.54, 1.807) is 27.7 Å². The van der Waals surface area contributed by atoms with Crippen LogP contribution in [0, 0.1) is 11.8 Å². The molecule has 0 aliphatic heterocycles. The van der Waals surface area contributed by atoms with Crippen LogP contribution in [0.3, 0.4) is 0 Å². The predicted octanol–water partition coefficient (Wildman–Crippen LogP) is 2.80. The molecule has 1 atom stereocenters. The lowest BCUT2D eigenvalue weighted by Gasteiger charge is -2.21. The minimum absolute atomic E-state index is 0.0717. The minimum atomic E-state index is -4.67. The van der Waals surface area contributed by atoms with Gasteiger partial charge in [0.15, 0.2) is 0 Å². The Morgan fingerprint density at radius 2 is 2.05 bits per heavy atom. The minimum Gasteiger partial charge on any atom is -0.444 e. The van der Waals surface area contributed by atoms with Gasteiger partial charge in [0.1, 0.15) is 17.5 Å². The standard InChI is InChI=1S/C13H17F3N4O2/c1-5-6-7-8(17-11(21)22-12(2,3)4)9-18-10(20-19-9)13(14,15)16/h8H,7H2,1-4H3,(H,17,21)(H,18,19,20)/t8-/m0/s1. The Labute approximate surface area is 125 Å². The first-order valence-corrected chi connectivity index (χ1v) is 6.41. The van der Waals surface area contributed by atoms with E-state index in [1.165, 1.54) is 0 Å². The van der Waals surface area contributed by atoms with Crippen molar-refractivity contribution in [3.05, 3.63) is 11.6 Å². The summed E-state index contributed by atoms with van der Waals surface area (Å²) in [5.41, 5.74) is -0.733. The van der Waals surface area contributed by atoms with Crippen LogP contribution in [0.4, 0.5) is 18.0 Å². The molecule has 1 aromatic heterocycles. The van der Waals surface area contributed by atoms with E-state index in [4.69, 9.17) is 4.74 Å². The molecule has 0 unspecified atom stereocenters. The fraction of sp³-hybridized carbons (Fsp3) is 0.615. The number of carbonyl (C=O) groups is 1. The van der Waals surface area contributed by atoms with E-state index in [0.29, 0.717) is 0 Å². The molecule has 0 saturated heterocycles. The first-order chi connectivity index (χ1) is 10.0. The fourth-order valence-electron chi connectivity index (χ4n) is 1.43. The first kappa shape index (κ1) is 17.8. The number of hydrogen-bond donors (Lipinski definition) is 2. The van der Waals surface area contributed by atoms with Gasteiger partial charge in [0.2, 0.25) is 0 Å². The summed E-state index contributed by atoms with van der Waals surface area (Å²) in [4.78, 5) is 15.1. The fourth-order valence-corrected chi connectivity index (χ4v) is 1.43. The molecule has 0 aliphatic carbocycles. The zero-order valence-electron chi connectivity index (χ0n) is 12.6. The van der Waals surface area contributed by atoms with Gasteiger partial charge in [0.25, 0.3) is 5.82 Å². The Balaban J connectivity index is 2.90. The molecule has 6 nitrogen and oxygen atoms in total. The molecule has 1 rings (SSSR count). The average molecular weight is 318 g/mol. The predicted molar refractivity (Wildman–Crippen MR) is 71.6 cm³/mol. The molecule has 22 heavy (non-hydrogen) atoms. The molecule has 0 aromatic carbocycles. The third-order valence-electron chi connectivity index (χ3n) is 2.26. The number of amides is 1. The maximum absolute atomic E-state index is 12.5. The molecule has 1 amide bonds. The number of alkyl carbamates (subject to hydrolysis) is 1. The number of nitrogens with zero attached hydrogens (tertiary/aromatic N) is 2. The lowest BCUT2D eigenvalue weighted by atomic mass is 10.2. The zero-order chi connectivity index (χ0) is 17.0. The number of H-pyrrole nitrogens is 1. The molecule has 122 valence electrons. The van der Waals surface area contributed by atoms with Crippen molar-refractivity contribution in [1.29, 1.82) is 0 Å². The van der Waals surface area contributed by atoms with E-state index in [2.05, 4.69) is 32.3 Å². The monoisotopic (exact) mass is 318 g/mol. The van der Waals surface area contributed by atoms with Crippen LogP contribution >= 0.6 is 0 Å². The summed E-state index contributed by atoms with van der Waals surface area (Å²) in [5, 5.41) is 7.69. The van der Waals surface area contributed by atoms with Crippen LogP contribution < -0.4 is 5.32 Å². The van der Waals surface area contributed by atoms with E-state index in [0.717, 1.165) is 0 Å². The van der Waals surface area contributed by atoms with Gasteiger partial charge < -0.3 is 10.1 Å². The van der Waals surface area contributed by atoms with Gasteiger partial charge in [-0.1, -0.05) is 0 Å². The van der Waals surface area contributed by atoms with Crippen LogP contribution in [0.25, 0.3) is 0 Å². The van der Waals surface area contributed by atoms with Crippen LogP contribution in [0.5, 0.6) is 0 Å². The molecule has 0 fully saturated rings. The Bertz CT molecular complexity index is 579. The molecule has 2 N–H and O–H groups in total. The normalized spacial score (nSPS) is 13.0. The number of hydrogen-bond acceptors (Lipinski definition) is 4. The quantitative estimate of drug-likeness (QED) is 0.840. The summed E-state index contributed by atoms with van der Waals surface area (Å²) in [6, 6.07) is -0.883. The lowest BCUT2D eigenvalue weighted by molar-refractivity contribution is -0.144. The Kier molecular flexibility index (Phi) is 5.41. The molecule has 0 saturated carbocycles. The summed E-state index contributed by atoms with van der Waals surface area (Å²) in [5.74, 6) is 3.83. The Morgan fingerprint density at radius 1 is 1.41 bits per heavy atom. The SMILES string of the molecule is CC#CC[C@H](NC(=O)OC(C)(C)C)c1nc(C(F)(F)F)n[nH]1. The van der Waals surface area contributed by atoms with Gasteiger partial charge in [-0.25, -0.2) is 9.78 Å². The molecule has 0 bridgehead atoms. The van der Waals surface area contributed by atoms with E-state index in [9.17, 15) is 18.0 Å². The number of aromatic amines is 1. The number of rotatable bonds is 3. The van der Waals surface area contributed by atoms with Crippen molar-refractivity contribution in [2.45, 2.75) is 51.9 Å². The molecule has 9 heteroatoms. The highest BCUT2D eigenvalue weighted by molar-refractivity contribution is 5.68. The topological polar surface area (TPSA) is 79.9 Å². The summed E-state index contributed by atoms with van der Waals surface area (Å²) in [6.45, 7) is 6.59. The van der Waals surface area contributed by atoms with Crippen LogP contribution in [0.1, 0.15) is 51.8 Å². The summed E-state index contributed by atoms with van der Waals surface area (Å²) < 4.78 is 42.6. The van der Waals surface area contributed by atoms with Crippen molar-refractivity contribution in [3.8, 4) is 11.8 Å². The number of aromatic nitrogens is 3. The van der Waals surface area contributed by atoms with Crippen molar-refractivity contribution in [3.63, 3.8) is 0 Å². The van der Waals surface area contributed by atoms with E-state index in [-0.39, 0.29) is 12.2 Å². The smallest absolute Gasteiger partial charge is 0.444 e. The highest BCUT2D eigenvalue weighted by Gasteiger charge is 2.37. The summed E-state index contributed by atoms with van der Waals surface area (Å²) in [7, 11) is 0. The molecule has 0 aliphatic rings.